The fraction of sp³-hybridized carbons (Fsp3) is 0.364. The Hall–Kier alpha value is -3.67. The topological polar surface area (TPSA) is 0 Å². The molecule has 8 rings (SSSR count). The zero-order valence-electron chi connectivity index (χ0n) is 35.8. The van der Waals surface area contributed by atoms with Crippen molar-refractivity contribution in [2.45, 2.75) is 119 Å². The van der Waals surface area contributed by atoms with Gasteiger partial charge in [0.15, 0.2) is 0 Å². The second kappa shape index (κ2) is 14.9. The van der Waals surface area contributed by atoms with E-state index in [0.717, 1.165) is 6.42 Å². The summed E-state index contributed by atoms with van der Waals surface area (Å²) in [5.74, 6) is 0.442. The number of benzene rings is 5. The van der Waals surface area contributed by atoms with E-state index in [2.05, 4.69) is 185 Å². The van der Waals surface area contributed by atoms with Gasteiger partial charge in [-0.3, -0.25) is 0 Å². The first kappa shape index (κ1) is 39.2. The van der Waals surface area contributed by atoms with E-state index in [1.54, 1.807) is 20.9 Å². The van der Waals surface area contributed by atoms with Gasteiger partial charge in [-0.15, -0.1) is 0 Å². The molecule has 5 aromatic carbocycles. The first-order valence-corrected chi connectivity index (χ1v) is 25.0. The molecule has 0 radical (unpaired) electrons. The third kappa shape index (κ3) is 7.21. The van der Waals surface area contributed by atoms with E-state index in [1.165, 1.54) is 93.3 Å². The van der Waals surface area contributed by atoms with Crippen LogP contribution in [0.2, 0.25) is 0 Å². The van der Waals surface area contributed by atoms with Gasteiger partial charge in [0.05, 0.1) is 0 Å². The number of rotatable bonds is 6. The van der Waals surface area contributed by atoms with Crippen molar-refractivity contribution in [3.05, 3.63) is 158 Å². The summed E-state index contributed by atoms with van der Waals surface area (Å²) < 4.78 is 5.13. The Bertz CT molecular complexity index is 2380. The molecule has 286 valence electrons. The van der Waals surface area contributed by atoms with E-state index in [1.807, 2.05) is 0 Å². The van der Waals surface area contributed by atoms with Crippen molar-refractivity contribution in [3.8, 4) is 33.4 Å². The van der Waals surface area contributed by atoms with Gasteiger partial charge in [0.2, 0.25) is 0 Å². The van der Waals surface area contributed by atoms with Crippen LogP contribution in [0.25, 0.3) is 33.4 Å². The van der Waals surface area contributed by atoms with E-state index >= 15 is 0 Å². The van der Waals surface area contributed by atoms with Crippen molar-refractivity contribution in [2.24, 2.45) is 11.3 Å². The molecule has 1 fully saturated rings. The van der Waals surface area contributed by atoms with Crippen LogP contribution in [0, 0.1) is 18.3 Å². The number of aryl methyl sites for hydroxylation is 1. The average molecular weight is 814 g/mol. The summed E-state index contributed by atoms with van der Waals surface area (Å²) in [5, 5.41) is 0. The standard InChI is InChI=1S/C33H33.C13H19.C9H10.Zr/c1-32(2,3)30-20-26-24(18-28(30)22-13-9-7-10-14-22)17-25-19-29(23-15-11-8-12-16-23)31(21-27(25)26)33(4,5)6;1-11-6-7-12(10-11)13(2)8-4-3-5-9-13;1-3-9-6-4-8(2)5-7-9;/h7-16,18,20-21H,17H2,1-6H3;7,10-11H,3-5,8-9H2,1-2H3;4-7H,1-2H3;. The second-order valence-electron chi connectivity index (χ2n) is 19.7. The zero-order valence-corrected chi connectivity index (χ0v) is 38.2. The van der Waals surface area contributed by atoms with Gasteiger partial charge < -0.3 is 0 Å². The molecule has 0 bridgehead atoms. The van der Waals surface area contributed by atoms with Crippen molar-refractivity contribution >= 4 is 6.48 Å². The molecule has 0 aliphatic heterocycles. The summed E-state index contributed by atoms with van der Waals surface area (Å²) in [6, 6.07) is 40.0. The Kier molecular flexibility index (Phi) is 10.4. The Morgan fingerprint density at radius 3 is 1.88 bits per heavy atom. The van der Waals surface area contributed by atoms with Gasteiger partial charge in [0.1, 0.15) is 0 Å². The third-order valence-corrected chi connectivity index (χ3v) is 21.4. The zero-order chi connectivity index (χ0) is 39.6. The van der Waals surface area contributed by atoms with Crippen LogP contribution >= 0.6 is 0 Å². The summed E-state index contributed by atoms with van der Waals surface area (Å²) in [7, 11) is 0. The quantitative estimate of drug-likeness (QED) is 0.157. The van der Waals surface area contributed by atoms with E-state index in [9.17, 15) is 0 Å². The Morgan fingerprint density at radius 1 is 0.679 bits per heavy atom. The molecule has 1 saturated carbocycles. The Labute approximate surface area is 346 Å². The van der Waals surface area contributed by atoms with Crippen LogP contribution in [0.3, 0.4) is 0 Å². The predicted octanol–water partition coefficient (Wildman–Crippen LogP) is 14.4. The summed E-state index contributed by atoms with van der Waals surface area (Å²) in [6.45, 7) is 24.4. The van der Waals surface area contributed by atoms with E-state index in [0.29, 0.717) is 5.92 Å². The number of hydrogen-bond acceptors (Lipinski definition) is 0. The fourth-order valence-corrected chi connectivity index (χ4v) is 18.6. The van der Waals surface area contributed by atoms with Gasteiger partial charge in [-0.2, -0.15) is 0 Å². The Balaban J connectivity index is 1.48. The third-order valence-electron chi connectivity index (χ3n) is 13.4. The first-order valence-electron chi connectivity index (χ1n) is 21.4. The van der Waals surface area contributed by atoms with Crippen LogP contribution < -0.4 is 3.27 Å². The van der Waals surface area contributed by atoms with Crippen LogP contribution in [-0.2, 0) is 38.5 Å². The van der Waals surface area contributed by atoms with Gasteiger partial charge in [0.25, 0.3) is 0 Å². The van der Waals surface area contributed by atoms with Crippen molar-refractivity contribution in [3.63, 3.8) is 0 Å². The minimum atomic E-state index is -2.94. The molecule has 0 nitrogen and oxygen atoms in total. The molecule has 0 aromatic heterocycles. The summed E-state index contributed by atoms with van der Waals surface area (Å²) in [5.41, 5.74) is 19.2. The van der Waals surface area contributed by atoms with Crippen LogP contribution in [0.15, 0.2) is 124 Å². The molecule has 3 aliphatic carbocycles. The predicted molar refractivity (Wildman–Crippen MR) is 240 cm³/mol. The average Bonchev–Trinajstić information content (AvgIpc) is 3.75. The summed E-state index contributed by atoms with van der Waals surface area (Å²) in [4.78, 5) is 0. The summed E-state index contributed by atoms with van der Waals surface area (Å²) in [6.07, 6.45) is 13.2. The minimum absolute atomic E-state index is 0.000741. The number of allylic oxidation sites excluding steroid dienone is 4. The maximum absolute atomic E-state index is 2.94. The van der Waals surface area contributed by atoms with Crippen LogP contribution in [0.5, 0.6) is 0 Å². The van der Waals surface area contributed by atoms with Crippen LogP contribution in [0.1, 0.15) is 128 Å². The number of fused-ring (bicyclic) bond motifs is 3. The van der Waals surface area contributed by atoms with E-state index in [4.69, 9.17) is 0 Å². The first-order chi connectivity index (χ1) is 26.6. The Morgan fingerprint density at radius 2 is 1.27 bits per heavy atom. The maximum atomic E-state index is 2.78. The molecular formula is C55H62Zr. The van der Waals surface area contributed by atoms with Gasteiger partial charge in [0, 0.05) is 0 Å². The molecule has 1 heteroatoms. The molecule has 3 aliphatic rings. The SMILES string of the molecule is C/[C](c1ccc(C)cc1)=[Zr](\[C]1=CC(C2(C)CCCCC2)=CC1C)[c]1c2c(cc(C(C)(C)C)c1-c1ccccc1)-c1cc(C(C)(C)C)c(-c3ccccc3)cc1C2. The van der Waals surface area contributed by atoms with Gasteiger partial charge in [-0.05, 0) is 0 Å². The van der Waals surface area contributed by atoms with Crippen molar-refractivity contribution < 1.29 is 21.3 Å². The molecule has 0 heterocycles. The monoisotopic (exact) mass is 812 g/mol. The molecule has 1 atom stereocenters. The van der Waals surface area contributed by atoms with Gasteiger partial charge >= 0.3 is 349 Å². The fourth-order valence-electron chi connectivity index (χ4n) is 10.1. The van der Waals surface area contributed by atoms with Crippen molar-refractivity contribution in [2.75, 3.05) is 0 Å². The van der Waals surface area contributed by atoms with Crippen LogP contribution in [0.4, 0.5) is 0 Å². The molecule has 0 saturated heterocycles. The number of hydrogen-bond donors (Lipinski definition) is 0. The molecule has 0 spiro atoms. The van der Waals surface area contributed by atoms with Crippen LogP contribution in [-0.4, -0.2) is 3.21 Å². The van der Waals surface area contributed by atoms with Gasteiger partial charge in [-0.25, -0.2) is 0 Å². The summed E-state index contributed by atoms with van der Waals surface area (Å²) >= 11 is -2.94. The normalized spacial score (nSPS) is 18.2. The molecule has 0 N–H and O–H groups in total. The van der Waals surface area contributed by atoms with E-state index in [-0.39, 0.29) is 16.2 Å². The molecule has 0 amide bonds. The van der Waals surface area contributed by atoms with Crippen molar-refractivity contribution in [1.29, 1.82) is 0 Å². The molecule has 1 unspecified atom stereocenters. The van der Waals surface area contributed by atoms with E-state index < -0.39 is 21.3 Å². The molecule has 5 aromatic rings. The van der Waals surface area contributed by atoms with Gasteiger partial charge in [-0.1, -0.05) is 0 Å². The van der Waals surface area contributed by atoms with Crippen molar-refractivity contribution in [1.82, 2.24) is 0 Å². The molecule has 56 heavy (non-hydrogen) atoms. The molecular weight excluding hydrogens is 752 g/mol. The second-order valence-corrected chi connectivity index (χ2v) is 26.0.